The van der Waals surface area contributed by atoms with Gasteiger partial charge in [0, 0.05) is 18.6 Å². The molecule has 4 atom stereocenters. The van der Waals surface area contributed by atoms with Gasteiger partial charge in [-0.1, -0.05) is 62.4 Å². The summed E-state index contributed by atoms with van der Waals surface area (Å²) in [7, 11) is 0. The molecule has 2 amide bonds. The Morgan fingerprint density at radius 2 is 1.63 bits per heavy atom. The average Bonchev–Trinajstić information content (AvgIpc) is 3.40. The quantitative estimate of drug-likeness (QED) is 0.533. The topological polar surface area (TPSA) is 114 Å². The molecule has 1 aliphatic carbocycles. The summed E-state index contributed by atoms with van der Waals surface area (Å²) < 4.78 is 10.8. The maximum Gasteiger partial charge on any atom is 0.407 e. The Kier molecular flexibility index (Phi) is 7.40. The van der Waals surface area contributed by atoms with E-state index in [1.807, 2.05) is 38.1 Å². The molecule has 0 spiro atoms. The Morgan fingerprint density at radius 3 is 2.20 bits per heavy atom. The van der Waals surface area contributed by atoms with Gasteiger partial charge in [-0.3, -0.25) is 4.79 Å². The summed E-state index contributed by atoms with van der Waals surface area (Å²) in [6.45, 7) is 6.00. The Morgan fingerprint density at radius 1 is 1.03 bits per heavy atom. The molecular formula is C27H32N2O6. The molecule has 2 aliphatic rings. The first-order valence-electron chi connectivity index (χ1n) is 12.0. The number of carbonyl (C=O) groups is 3. The van der Waals surface area contributed by atoms with Crippen LogP contribution in [0, 0.1) is 11.8 Å². The van der Waals surface area contributed by atoms with Crippen LogP contribution in [0.15, 0.2) is 48.5 Å². The van der Waals surface area contributed by atoms with Crippen LogP contribution in [0.4, 0.5) is 4.79 Å². The lowest BCUT2D eigenvalue weighted by Crippen LogP contribution is -2.52. The predicted molar refractivity (Wildman–Crippen MR) is 130 cm³/mol. The summed E-state index contributed by atoms with van der Waals surface area (Å²) in [6.07, 6.45) is -1.22. The summed E-state index contributed by atoms with van der Waals surface area (Å²) in [4.78, 5) is 37.1. The number of carboxylic acids is 1. The number of hydrogen-bond donors (Lipinski definition) is 3. The fourth-order valence-corrected chi connectivity index (χ4v) is 5.28. The average molecular weight is 481 g/mol. The maximum atomic E-state index is 13.0. The monoisotopic (exact) mass is 480 g/mol. The van der Waals surface area contributed by atoms with Crippen LogP contribution in [0.25, 0.3) is 11.1 Å². The summed E-state index contributed by atoms with van der Waals surface area (Å²) in [5.74, 6) is -2.12. The zero-order chi connectivity index (χ0) is 25.1. The van der Waals surface area contributed by atoms with Crippen molar-refractivity contribution < 1.29 is 29.0 Å². The van der Waals surface area contributed by atoms with Crippen molar-refractivity contribution in [2.75, 3.05) is 13.2 Å². The Labute approximate surface area is 205 Å². The van der Waals surface area contributed by atoms with Crippen LogP contribution in [0.5, 0.6) is 0 Å². The predicted octanol–water partition coefficient (Wildman–Crippen LogP) is 3.54. The normalized spacial score (nSPS) is 20.6. The van der Waals surface area contributed by atoms with Crippen molar-refractivity contribution >= 4 is 18.0 Å². The molecule has 2 unspecified atom stereocenters. The van der Waals surface area contributed by atoms with E-state index in [2.05, 4.69) is 34.9 Å². The number of benzene rings is 2. The fourth-order valence-electron chi connectivity index (χ4n) is 5.28. The molecule has 8 nitrogen and oxygen atoms in total. The van der Waals surface area contributed by atoms with E-state index < -0.39 is 36.2 Å². The van der Waals surface area contributed by atoms with Gasteiger partial charge in [0.1, 0.15) is 6.61 Å². The lowest BCUT2D eigenvalue weighted by atomic mass is 9.88. The molecule has 0 saturated carbocycles. The van der Waals surface area contributed by atoms with Crippen LogP contribution >= 0.6 is 0 Å². The largest absolute Gasteiger partial charge is 0.479 e. The summed E-state index contributed by atoms with van der Waals surface area (Å²) >= 11 is 0. The van der Waals surface area contributed by atoms with E-state index >= 15 is 0 Å². The van der Waals surface area contributed by atoms with Crippen molar-refractivity contribution in [1.29, 1.82) is 0 Å². The number of hydrogen-bond acceptors (Lipinski definition) is 5. The van der Waals surface area contributed by atoms with E-state index in [0.717, 1.165) is 22.3 Å². The van der Waals surface area contributed by atoms with Crippen molar-refractivity contribution in [1.82, 2.24) is 10.6 Å². The highest BCUT2D eigenvalue weighted by atomic mass is 16.5. The second-order valence-electron chi connectivity index (χ2n) is 9.56. The lowest BCUT2D eigenvalue weighted by molar-refractivity contribution is -0.148. The van der Waals surface area contributed by atoms with Crippen molar-refractivity contribution in [2.24, 2.45) is 11.8 Å². The Hall–Kier alpha value is -3.39. The molecule has 1 aliphatic heterocycles. The standard InChI is InChI=1S/C27H32N2O6/c1-15(2)23(25(30)29-22-12-13-34-24(22)26(31)32)16(3)28-27(33)35-14-21-19-10-6-4-8-17(19)18-9-5-7-11-20(18)21/h4-11,15-16,21-24H,12-14H2,1-3H3,(H,28,33)(H,29,30)(H,31,32)/t16?,22-,23?,24+/m0/s1. The molecule has 8 heteroatoms. The van der Waals surface area contributed by atoms with Gasteiger partial charge in [-0.15, -0.1) is 0 Å². The van der Waals surface area contributed by atoms with Gasteiger partial charge in [0.25, 0.3) is 0 Å². The molecular weight excluding hydrogens is 448 g/mol. The van der Waals surface area contributed by atoms with Gasteiger partial charge in [-0.05, 0) is 41.5 Å². The molecule has 186 valence electrons. The Bertz CT molecular complexity index is 1060. The van der Waals surface area contributed by atoms with E-state index in [4.69, 9.17) is 9.47 Å². The van der Waals surface area contributed by atoms with Gasteiger partial charge in [-0.2, -0.15) is 0 Å². The van der Waals surface area contributed by atoms with Gasteiger partial charge < -0.3 is 25.2 Å². The van der Waals surface area contributed by atoms with E-state index in [1.54, 1.807) is 6.92 Å². The third-order valence-electron chi connectivity index (χ3n) is 6.91. The molecule has 2 aromatic carbocycles. The number of carbonyl (C=O) groups excluding carboxylic acids is 2. The van der Waals surface area contributed by atoms with Crippen LogP contribution in [0.2, 0.25) is 0 Å². The molecule has 4 rings (SSSR count). The summed E-state index contributed by atoms with van der Waals surface area (Å²) in [5, 5.41) is 14.9. The summed E-state index contributed by atoms with van der Waals surface area (Å²) in [6, 6.07) is 15.1. The third-order valence-corrected chi connectivity index (χ3v) is 6.91. The molecule has 0 bridgehead atoms. The minimum atomic E-state index is -1.10. The van der Waals surface area contributed by atoms with Gasteiger partial charge in [-0.25, -0.2) is 9.59 Å². The van der Waals surface area contributed by atoms with E-state index in [0.29, 0.717) is 6.42 Å². The van der Waals surface area contributed by atoms with Crippen molar-refractivity contribution in [2.45, 2.75) is 51.3 Å². The van der Waals surface area contributed by atoms with Gasteiger partial charge in [0.05, 0.1) is 12.0 Å². The summed E-state index contributed by atoms with van der Waals surface area (Å²) in [5.41, 5.74) is 4.55. The Balaban J connectivity index is 1.37. The number of alkyl carbamates (subject to hydrolysis) is 1. The molecule has 2 aromatic rings. The minimum Gasteiger partial charge on any atom is -0.479 e. The van der Waals surface area contributed by atoms with E-state index in [1.165, 1.54) is 0 Å². The number of ether oxygens (including phenoxy) is 2. The highest BCUT2D eigenvalue weighted by Crippen LogP contribution is 2.44. The zero-order valence-corrected chi connectivity index (χ0v) is 20.2. The second-order valence-corrected chi connectivity index (χ2v) is 9.56. The number of carboxylic acid groups (broad SMARTS) is 1. The van der Waals surface area contributed by atoms with Crippen molar-refractivity contribution in [3.05, 3.63) is 59.7 Å². The van der Waals surface area contributed by atoms with Crippen molar-refractivity contribution in [3.63, 3.8) is 0 Å². The third kappa shape index (κ3) is 5.17. The first kappa shape index (κ1) is 24.7. The molecule has 0 radical (unpaired) electrons. The van der Waals surface area contributed by atoms with Crippen LogP contribution < -0.4 is 10.6 Å². The molecule has 3 N–H and O–H groups in total. The second kappa shape index (κ2) is 10.5. The zero-order valence-electron chi connectivity index (χ0n) is 20.2. The molecule has 1 fully saturated rings. The number of nitrogens with one attached hydrogen (secondary N) is 2. The van der Waals surface area contributed by atoms with Crippen LogP contribution in [0.3, 0.4) is 0 Å². The molecule has 1 saturated heterocycles. The molecule has 35 heavy (non-hydrogen) atoms. The van der Waals surface area contributed by atoms with Gasteiger partial charge >= 0.3 is 12.1 Å². The highest BCUT2D eigenvalue weighted by molar-refractivity contribution is 5.83. The fraction of sp³-hybridized carbons (Fsp3) is 0.444. The van der Waals surface area contributed by atoms with E-state index in [9.17, 15) is 19.5 Å². The minimum absolute atomic E-state index is 0.0528. The molecule has 0 aromatic heterocycles. The number of aliphatic carboxylic acids is 1. The highest BCUT2D eigenvalue weighted by Gasteiger charge is 2.38. The van der Waals surface area contributed by atoms with Crippen LogP contribution in [-0.2, 0) is 19.1 Å². The first-order valence-corrected chi connectivity index (χ1v) is 12.0. The van der Waals surface area contributed by atoms with Gasteiger partial charge in [0.2, 0.25) is 5.91 Å². The van der Waals surface area contributed by atoms with Gasteiger partial charge in [0.15, 0.2) is 6.10 Å². The molecule has 1 heterocycles. The lowest BCUT2D eigenvalue weighted by Gasteiger charge is -2.29. The number of amides is 2. The van der Waals surface area contributed by atoms with E-state index in [-0.39, 0.29) is 31.0 Å². The van der Waals surface area contributed by atoms with Crippen molar-refractivity contribution in [3.8, 4) is 11.1 Å². The smallest absolute Gasteiger partial charge is 0.407 e. The first-order chi connectivity index (χ1) is 16.8. The number of fused-ring (bicyclic) bond motifs is 3. The SMILES string of the molecule is CC(C)C(C(=O)N[C@H]1CCO[C@H]1C(=O)O)C(C)NC(=O)OCC1c2ccccc2-c2ccccc21. The van der Waals surface area contributed by atoms with Crippen LogP contribution in [-0.4, -0.2) is 54.5 Å². The number of rotatable bonds is 8. The van der Waals surface area contributed by atoms with Crippen LogP contribution in [0.1, 0.15) is 44.2 Å². The maximum absolute atomic E-state index is 13.0.